The van der Waals surface area contributed by atoms with Crippen molar-refractivity contribution in [3.63, 3.8) is 0 Å². The fourth-order valence-electron chi connectivity index (χ4n) is 2.38. The van der Waals surface area contributed by atoms with E-state index in [0.29, 0.717) is 12.2 Å². The minimum atomic E-state index is -0.150. The van der Waals surface area contributed by atoms with Crippen molar-refractivity contribution in [3.05, 3.63) is 88.4 Å². The minimum absolute atomic E-state index is 0.150. The number of benzene rings is 3. The van der Waals surface area contributed by atoms with Crippen molar-refractivity contribution in [1.29, 1.82) is 0 Å². The Morgan fingerprint density at radius 2 is 1.69 bits per heavy atom. The first kappa shape index (κ1) is 18.0. The number of methoxy groups -OCH3 is 1. The Morgan fingerprint density at radius 1 is 0.962 bits per heavy atom. The number of carbonyl (C=O) groups is 1. The van der Waals surface area contributed by atoms with Crippen LogP contribution in [0.1, 0.15) is 15.9 Å². The summed E-state index contributed by atoms with van der Waals surface area (Å²) in [5.74, 6) is 1.34. The van der Waals surface area contributed by atoms with Crippen LogP contribution in [0.4, 0.5) is 5.69 Å². The molecule has 3 aromatic rings. The molecular formula is C21H18BrNO3. The Hall–Kier alpha value is -2.79. The Labute approximate surface area is 160 Å². The highest BCUT2D eigenvalue weighted by atomic mass is 79.9. The number of hydrogen-bond acceptors (Lipinski definition) is 3. The maximum atomic E-state index is 12.3. The molecule has 0 aliphatic carbocycles. The van der Waals surface area contributed by atoms with E-state index in [1.165, 1.54) is 0 Å². The molecule has 0 saturated carbocycles. The molecule has 26 heavy (non-hydrogen) atoms. The molecule has 1 N–H and O–H groups in total. The van der Waals surface area contributed by atoms with Crippen LogP contribution < -0.4 is 14.8 Å². The third-order valence-electron chi connectivity index (χ3n) is 3.75. The second kappa shape index (κ2) is 8.54. The lowest BCUT2D eigenvalue weighted by Crippen LogP contribution is -2.11. The second-order valence-corrected chi connectivity index (χ2v) is 6.54. The standard InChI is InChI=1S/C21H18BrNO3/c1-25-19-6-3-7-20(13-19)26-14-15-8-10-16(11-9-15)21(24)23-18-5-2-4-17(22)12-18/h2-13H,14H2,1H3,(H,23,24). The predicted molar refractivity (Wildman–Crippen MR) is 106 cm³/mol. The largest absolute Gasteiger partial charge is 0.497 e. The molecule has 5 heteroatoms. The van der Waals surface area contributed by atoms with Gasteiger partial charge in [-0.3, -0.25) is 4.79 Å². The Bertz CT molecular complexity index is 894. The van der Waals surface area contributed by atoms with Crippen LogP contribution in [0.2, 0.25) is 0 Å². The van der Waals surface area contributed by atoms with Crippen LogP contribution in [0.25, 0.3) is 0 Å². The number of carbonyl (C=O) groups excluding carboxylic acids is 1. The smallest absolute Gasteiger partial charge is 0.255 e. The van der Waals surface area contributed by atoms with Gasteiger partial charge in [0.05, 0.1) is 7.11 Å². The topological polar surface area (TPSA) is 47.6 Å². The Morgan fingerprint density at radius 3 is 2.42 bits per heavy atom. The molecule has 4 nitrogen and oxygen atoms in total. The van der Waals surface area contributed by atoms with Crippen molar-refractivity contribution in [3.8, 4) is 11.5 Å². The van der Waals surface area contributed by atoms with Gasteiger partial charge < -0.3 is 14.8 Å². The van der Waals surface area contributed by atoms with E-state index in [-0.39, 0.29) is 5.91 Å². The number of anilines is 1. The van der Waals surface area contributed by atoms with Crippen molar-refractivity contribution in [2.75, 3.05) is 12.4 Å². The highest BCUT2D eigenvalue weighted by Crippen LogP contribution is 2.20. The average Bonchev–Trinajstić information content (AvgIpc) is 2.67. The first-order chi connectivity index (χ1) is 12.6. The molecule has 0 bridgehead atoms. The van der Waals surface area contributed by atoms with Gasteiger partial charge in [0, 0.05) is 21.8 Å². The molecule has 3 rings (SSSR count). The van der Waals surface area contributed by atoms with E-state index in [2.05, 4.69) is 21.2 Å². The summed E-state index contributed by atoms with van der Waals surface area (Å²) in [5, 5.41) is 2.87. The lowest BCUT2D eigenvalue weighted by atomic mass is 10.1. The van der Waals surface area contributed by atoms with Gasteiger partial charge in [-0.1, -0.05) is 40.2 Å². The maximum absolute atomic E-state index is 12.3. The van der Waals surface area contributed by atoms with Crippen molar-refractivity contribution < 1.29 is 14.3 Å². The molecular weight excluding hydrogens is 394 g/mol. The minimum Gasteiger partial charge on any atom is -0.497 e. The summed E-state index contributed by atoms with van der Waals surface area (Å²) < 4.78 is 11.9. The molecule has 0 saturated heterocycles. The van der Waals surface area contributed by atoms with Gasteiger partial charge in [-0.05, 0) is 48.0 Å². The van der Waals surface area contributed by atoms with Crippen LogP contribution in [0.5, 0.6) is 11.5 Å². The predicted octanol–water partition coefficient (Wildman–Crippen LogP) is 5.29. The molecule has 0 fully saturated rings. The molecule has 0 spiro atoms. The van der Waals surface area contributed by atoms with E-state index in [1.807, 2.05) is 60.7 Å². The van der Waals surface area contributed by atoms with E-state index in [0.717, 1.165) is 27.2 Å². The van der Waals surface area contributed by atoms with Crippen LogP contribution in [0, 0.1) is 0 Å². The average molecular weight is 412 g/mol. The number of amides is 1. The summed E-state index contributed by atoms with van der Waals surface area (Å²) >= 11 is 3.39. The monoisotopic (exact) mass is 411 g/mol. The SMILES string of the molecule is COc1cccc(OCc2ccc(C(=O)Nc3cccc(Br)c3)cc2)c1. The summed E-state index contributed by atoms with van der Waals surface area (Å²) in [7, 11) is 1.62. The summed E-state index contributed by atoms with van der Waals surface area (Å²) in [5.41, 5.74) is 2.32. The number of halogens is 1. The van der Waals surface area contributed by atoms with Gasteiger partial charge in [-0.15, -0.1) is 0 Å². The third-order valence-corrected chi connectivity index (χ3v) is 4.24. The summed E-state index contributed by atoms with van der Waals surface area (Å²) in [4.78, 5) is 12.3. The molecule has 1 amide bonds. The van der Waals surface area contributed by atoms with E-state index in [4.69, 9.17) is 9.47 Å². The number of nitrogens with one attached hydrogen (secondary N) is 1. The molecule has 0 atom stereocenters. The maximum Gasteiger partial charge on any atom is 0.255 e. The fraction of sp³-hybridized carbons (Fsp3) is 0.0952. The normalized spacial score (nSPS) is 10.2. The van der Waals surface area contributed by atoms with E-state index in [1.54, 1.807) is 19.2 Å². The third kappa shape index (κ3) is 4.86. The fourth-order valence-corrected chi connectivity index (χ4v) is 2.78. The van der Waals surface area contributed by atoms with Crippen molar-refractivity contribution in [2.24, 2.45) is 0 Å². The summed E-state index contributed by atoms with van der Waals surface area (Å²) in [6.07, 6.45) is 0. The summed E-state index contributed by atoms with van der Waals surface area (Å²) in [6.45, 7) is 0.417. The van der Waals surface area contributed by atoms with Gasteiger partial charge in [-0.2, -0.15) is 0 Å². The van der Waals surface area contributed by atoms with Gasteiger partial charge in [0.2, 0.25) is 0 Å². The van der Waals surface area contributed by atoms with Crippen LogP contribution in [0.15, 0.2) is 77.3 Å². The lowest BCUT2D eigenvalue weighted by molar-refractivity contribution is 0.102. The van der Waals surface area contributed by atoms with Crippen LogP contribution >= 0.6 is 15.9 Å². The van der Waals surface area contributed by atoms with Gasteiger partial charge in [0.15, 0.2) is 0 Å². The Kier molecular flexibility index (Phi) is 5.92. The van der Waals surface area contributed by atoms with Gasteiger partial charge in [0.1, 0.15) is 18.1 Å². The molecule has 0 heterocycles. The quantitative estimate of drug-likeness (QED) is 0.599. The number of rotatable bonds is 6. The first-order valence-electron chi connectivity index (χ1n) is 8.07. The molecule has 0 radical (unpaired) electrons. The lowest BCUT2D eigenvalue weighted by Gasteiger charge is -2.09. The van der Waals surface area contributed by atoms with E-state index in [9.17, 15) is 4.79 Å². The molecule has 0 aliphatic heterocycles. The van der Waals surface area contributed by atoms with Gasteiger partial charge in [0.25, 0.3) is 5.91 Å². The molecule has 0 aromatic heterocycles. The van der Waals surface area contributed by atoms with Crippen molar-refractivity contribution in [2.45, 2.75) is 6.61 Å². The van der Waals surface area contributed by atoms with Crippen LogP contribution in [-0.2, 0) is 6.61 Å². The van der Waals surface area contributed by atoms with Gasteiger partial charge in [-0.25, -0.2) is 0 Å². The summed E-state index contributed by atoms with van der Waals surface area (Å²) in [6, 6.07) is 22.3. The van der Waals surface area contributed by atoms with Crippen LogP contribution in [-0.4, -0.2) is 13.0 Å². The number of hydrogen-bond donors (Lipinski definition) is 1. The van der Waals surface area contributed by atoms with E-state index >= 15 is 0 Å². The van der Waals surface area contributed by atoms with Crippen molar-refractivity contribution in [1.82, 2.24) is 0 Å². The number of ether oxygens (including phenoxy) is 2. The zero-order chi connectivity index (χ0) is 18.4. The zero-order valence-electron chi connectivity index (χ0n) is 14.2. The van der Waals surface area contributed by atoms with Gasteiger partial charge >= 0.3 is 0 Å². The highest BCUT2D eigenvalue weighted by Gasteiger charge is 2.07. The van der Waals surface area contributed by atoms with Crippen molar-refractivity contribution >= 4 is 27.5 Å². The van der Waals surface area contributed by atoms with Crippen LogP contribution in [0.3, 0.4) is 0 Å². The second-order valence-electron chi connectivity index (χ2n) is 5.63. The highest BCUT2D eigenvalue weighted by molar-refractivity contribution is 9.10. The first-order valence-corrected chi connectivity index (χ1v) is 8.86. The zero-order valence-corrected chi connectivity index (χ0v) is 15.8. The van der Waals surface area contributed by atoms with E-state index < -0.39 is 0 Å². The molecule has 0 aliphatic rings. The molecule has 0 unspecified atom stereocenters. The Balaban J connectivity index is 1.60. The molecule has 3 aromatic carbocycles. The molecule has 132 valence electrons.